The highest BCUT2D eigenvalue weighted by molar-refractivity contribution is 6.05. The summed E-state index contributed by atoms with van der Waals surface area (Å²) >= 11 is 0. The minimum atomic E-state index is -0.287. The van der Waals surface area contributed by atoms with Crippen LogP contribution in [0.1, 0.15) is 39.0 Å². The van der Waals surface area contributed by atoms with Crippen molar-refractivity contribution in [2.75, 3.05) is 6.54 Å². The highest BCUT2D eigenvalue weighted by Gasteiger charge is 2.38. The van der Waals surface area contributed by atoms with E-state index in [0.717, 1.165) is 25.7 Å². The number of imide groups is 1. The average molecular weight is 236 g/mol. The van der Waals surface area contributed by atoms with Crippen molar-refractivity contribution >= 4 is 11.8 Å². The van der Waals surface area contributed by atoms with E-state index >= 15 is 0 Å². The van der Waals surface area contributed by atoms with E-state index in [9.17, 15) is 9.59 Å². The lowest BCUT2D eigenvalue weighted by Gasteiger charge is -2.22. The third kappa shape index (κ3) is 2.75. The summed E-state index contributed by atoms with van der Waals surface area (Å²) in [5, 5.41) is 3.32. The summed E-state index contributed by atoms with van der Waals surface area (Å²) in [6, 6.07) is 0.0638. The van der Waals surface area contributed by atoms with Crippen molar-refractivity contribution in [3.8, 4) is 0 Å². The zero-order chi connectivity index (χ0) is 12.3. The molecule has 2 unspecified atom stereocenters. The second-order valence-corrected chi connectivity index (χ2v) is 4.79. The fourth-order valence-electron chi connectivity index (χ4n) is 2.50. The largest absolute Gasteiger partial charge is 0.302 e. The quantitative estimate of drug-likeness (QED) is 0.590. The van der Waals surface area contributed by atoms with E-state index in [2.05, 4.69) is 17.5 Å². The molecule has 0 saturated carbocycles. The number of hydrogen-bond donors (Lipinski definition) is 1. The SMILES string of the molecule is CCCN1C(=O)CC(NC2CC=CCC2)C1=O. The van der Waals surface area contributed by atoms with Crippen LogP contribution in [0.15, 0.2) is 12.2 Å². The number of nitrogens with one attached hydrogen (secondary N) is 1. The molecule has 1 aliphatic heterocycles. The molecule has 0 aromatic heterocycles. The monoisotopic (exact) mass is 236 g/mol. The van der Waals surface area contributed by atoms with Crippen molar-refractivity contribution in [1.29, 1.82) is 0 Å². The summed E-state index contributed by atoms with van der Waals surface area (Å²) in [5.74, 6) is -0.0629. The number of carbonyl (C=O) groups excluding carboxylic acids is 2. The van der Waals surface area contributed by atoms with E-state index in [1.54, 1.807) is 0 Å². The molecule has 2 aliphatic rings. The van der Waals surface area contributed by atoms with Gasteiger partial charge in [-0.25, -0.2) is 0 Å². The molecule has 94 valence electrons. The van der Waals surface area contributed by atoms with Gasteiger partial charge in [-0.1, -0.05) is 19.1 Å². The summed E-state index contributed by atoms with van der Waals surface area (Å²) < 4.78 is 0. The lowest BCUT2D eigenvalue weighted by molar-refractivity contribution is -0.138. The summed E-state index contributed by atoms with van der Waals surface area (Å²) in [4.78, 5) is 25.1. The van der Waals surface area contributed by atoms with Gasteiger partial charge in [0.25, 0.3) is 0 Å². The molecular formula is C13H20N2O2. The van der Waals surface area contributed by atoms with E-state index in [1.807, 2.05) is 6.92 Å². The van der Waals surface area contributed by atoms with Gasteiger partial charge in [0, 0.05) is 12.6 Å². The van der Waals surface area contributed by atoms with Gasteiger partial charge in [-0.2, -0.15) is 0 Å². The van der Waals surface area contributed by atoms with E-state index in [-0.39, 0.29) is 17.9 Å². The molecular weight excluding hydrogens is 216 g/mol. The first-order valence-corrected chi connectivity index (χ1v) is 6.47. The number of carbonyl (C=O) groups is 2. The Balaban J connectivity index is 1.92. The first-order valence-electron chi connectivity index (χ1n) is 6.47. The maximum absolute atomic E-state index is 12.0. The van der Waals surface area contributed by atoms with Crippen molar-refractivity contribution in [3.63, 3.8) is 0 Å². The highest BCUT2D eigenvalue weighted by Crippen LogP contribution is 2.17. The molecule has 4 nitrogen and oxygen atoms in total. The third-order valence-electron chi connectivity index (χ3n) is 3.40. The van der Waals surface area contributed by atoms with Crippen molar-refractivity contribution in [1.82, 2.24) is 10.2 Å². The molecule has 2 rings (SSSR count). The Morgan fingerprint density at radius 1 is 1.41 bits per heavy atom. The van der Waals surface area contributed by atoms with Gasteiger partial charge >= 0.3 is 0 Å². The maximum atomic E-state index is 12.0. The van der Waals surface area contributed by atoms with Crippen molar-refractivity contribution in [2.45, 2.75) is 51.1 Å². The number of allylic oxidation sites excluding steroid dienone is 1. The minimum absolute atomic E-state index is 0.0271. The van der Waals surface area contributed by atoms with Crippen molar-refractivity contribution in [2.24, 2.45) is 0 Å². The number of rotatable bonds is 4. The lowest BCUT2D eigenvalue weighted by atomic mass is 10.0. The third-order valence-corrected chi connectivity index (χ3v) is 3.40. The van der Waals surface area contributed by atoms with Crippen LogP contribution in [-0.2, 0) is 9.59 Å². The molecule has 4 heteroatoms. The van der Waals surface area contributed by atoms with Gasteiger partial charge in [-0.05, 0) is 25.7 Å². The molecule has 1 N–H and O–H groups in total. The topological polar surface area (TPSA) is 49.4 Å². The van der Waals surface area contributed by atoms with Crippen LogP contribution < -0.4 is 5.32 Å². The van der Waals surface area contributed by atoms with Crippen LogP contribution in [0.2, 0.25) is 0 Å². The van der Waals surface area contributed by atoms with Gasteiger partial charge in [-0.15, -0.1) is 0 Å². The standard InChI is InChI=1S/C13H20N2O2/c1-2-8-15-12(16)9-11(13(15)17)14-10-6-4-3-5-7-10/h3-4,10-11,14H,2,5-9H2,1H3. The molecule has 1 saturated heterocycles. The van der Waals surface area contributed by atoms with Crippen LogP contribution in [0.25, 0.3) is 0 Å². The molecule has 1 fully saturated rings. The molecule has 0 radical (unpaired) electrons. The zero-order valence-corrected chi connectivity index (χ0v) is 10.3. The first-order chi connectivity index (χ1) is 8.22. The average Bonchev–Trinajstić information content (AvgIpc) is 2.59. The molecule has 2 atom stereocenters. The van der Waals surface area contributed by atoms with Crippen molar-refractivity contribution < 1.29 is 9.59 Å². The fourth-order valence-corrected chi connectivity index (χ4v) is 2.50. The predicted octanol–water partition coefficient (Wildman–Crippen LogP) is 1.22. The molecule has 0 aromatic carbocycles. The van der Waals surface area contributed by atoms with E-state index in [1.165, 1.54) is 4.90 Å². The molecule has 0 spiro atoms. The number of amides is 2. The second-order valence-electron chi connectivity index (χ2n) is 4.79. The van der Waals surface area contributed by atoms with Crippen LogP contribution in [0, 0.1) is 0 Å². The minimum Gasteiger partial charge on any atom is -0.302 e. The van der Waals surface area contributed by atoms with Gasteiger partial charge in [-0.3, -0.25) is 14.5 Å². The Morgan fingerprint density at radius 2 is 2.24 bits per heavy atom. The van der Waals surface area contributed by atoms with E-state index in [0.29, 0.717) is 19.0 Å². The van der Waals surface area contributed by atoms with Crippen molar-refractivity contribution in [3.05, 3.63) is 12.2 Å². The van der Waals surface area contributed by atoms with Gasteiger partial charge in [0.2, 0.25) is 11.8 Å². The first kappa shape index (κ1) is 12.3. The predicted molar refractivity (Wildman–Crippen MR) is 65.3 cm³/mol. The number of nitrogens with zero attached hydrogens (tertiary/aromatic N) is 1. The van der Waals surface area contributed by atoms with Crippen LogP contribution in [0.5, 0.6) is 0 Å². The normalized spacial score (nSPS) is 29.1. The van der Waals surface area contributed by atoms with Gasteiger partial charge in [0.1, 0.15) is 0 Å². The summed E-state index contributed by atoms with van der Waals surface area (Å²) in [6.45, 7) is 2.54. The lowest BCUT2D eigenvalue weighted by Crippen LogP contribution is -2.44. The van der Waals surface area contributed by atoms with Crippen LogP contribution in [0.3, 0.4) is 0 Å². The molecule has 2 amide bonds. The summed E-state index contributed by atoms with van der Waals surface area (Å²) in [5.41, 5.74) is 0. The molecule has 0 bridgehead atoms. The second kappa shape index (κ2) is 5.45. The Bertz CT molecular complexity index is 338. The summed E-state index contributed by atoms with van der Waals surface area (Å²) in [7, 11) is 0. The van der Waals surface area contributed by atoms with E-state index < -0.39 is 0 Å². The Hall–Kier alpha value is -1.16. The van der Waals surface area contributed by atoms with Crippen LogP contribution in [0.4, 0.5) is 0 Å². The molecule has 1 heterocycles. The number of likely N-dealkylation sites (tertiary alicyclic amines) is 1. The van der Waals surface area contributed by atoms with Gasteiger partial charge in [0.05, 0.1) is 12.5 Å². The van der Waals surface area contributed by atoms with Crippen LogP contribution >= 0.6 is 0 Å². The maximum Gasteiger partial charge on any atom is 0.246 e. The van der Waals surface area contributed by atoms with Gasteiger partial charge < -0.3 is 5.32 Å². The van der Waals surface area contributed by atoms with Gasteiger partial charge in [0.15, 0.2) is 0 Å². The van der Waals surface area contributed by atoms with Crippen LogP contribution in [-0.4, -0.2) is 35.3 Å². The fraction of sp³-hybridized carbons (Fsp3) is 0.692. The Labute approximate surface area is 102 Å². The smallest absolute Gasteiger partial charge is 0.246 e. The highest BCUT2D eigenvalue weighted by atomic mass is 16.2. The zero-order valence-electron chi connectivity index (χ0n) is 10.3. The Kier molecular flexibility index (Phi) is 3.94. The Morgan fingerprint density at radius 3 is 2.88 bits per heavy atom. The molecule has 1 aliphatic carbocycles. The molecule has 17 heavy (non-hydrogen) atoms. The molecule has 0 aromatic rings. The van der Waals surface area contributed by atoms with E-state index in [4.69, 9.17) is 0 Å². The number of hydrogen-bond acceptors (Lipinski definition) is 3. The summed E-state index contributed by atoms with van der Waals surface area (Å²) in [6.07, 6.45) is 8.56.